The third-order valence-electron chi connectivity index (χ3n) is 4.83. The first-order chi connectivity index (χ1) is 12.5. The van der Waals surface area contributed by atoms with E-state index in [1.807, 2.05) is 13.0 Å². The van der Waals surface area contributed by atoms with E-state index in [0.717, 1.165) is 4.90 Å². The molecule has 0 unspecified atom stereocenters. The standard InChI is InChI=1S/C20H22N2O4/c1-3-20(15-9-11-16(26-2)12-10-15)18(24)22(19(25)21-20)13-17(23)14-7-5-4-6-8-14/h4-12,17,23H,3,13H2,1-2H3,(H,21,25)/t17-,20-/m0/s1. The van der Waals surface area contributed by atoms with Crippen LogP contribution in [-0.2, 0) is 10.3 Å². The molecule has 136 valence electrons. The molecule has 2 N–H and O–H groups in total. The molecule has 0 saturated carbocycles. The third kappa shape index (κ3) is 3.04. The maximum atomic E-state index is 13.1. The number of hydrogen-bond donors (Lipinski definition) is 2. The molecule has 6 heteroatoms. The molecule has 6 nitrogen and oxygen atoms in total. The molecule has 0 aliphatic carbocycles. The van der Waals surface area contributed by atoms with E-state index in [-0.39, 0.29) is 12.5 Å². The van der Waals surface area contributed by atoms with Crippen LogP contribution in [0.5, 0.6) is 5.75 Å². The number of benzene rings is 2. The summed E-state index contributed by atoms with van der Waals surface area (Å²) in [6.07, 6.45) is -0.531. The van der Waals surface area contributed by atoms with Gasteiger partial charge >= 0.3 is 6.03 Å². The van der Waals surface area contributed by atoms with Crippen LogP contribution < -0.4 is 10.1 Å². The van der Waals surface area contributed by atoms with Crippen molar-refractivity contribution in [3.8, 4) is 5.75 Å². The minimum absolute atomic E-state index is 0.0907. The van der Waals surface area contributed by atoms with Crippen molar-refractivity contribution in [1.82, 2.24) is 10.2 Å². The minimum Gasteiger partial charge on any atom is -0.497 e. The predicted molar refractivity (Wildman–Crippen MR) is 96.6 cm³/mol. The monoisotopic (exact) mass is 354 g/mol. The van der Waals surface area contributed by atoms with Crippen LogP contribution >= 0.6 is 0 Å². The fraction of sp³-hybridized carbons (Fsp3) is 0.300. The molecule has 1 heterocycles. The highest BCUT2D eigenvalue weighted by atomic mass is 16.5. The van der Waals surface area contributed by atoms with Gasteiger partial charge in [0.05, 0.1) is 19.8 Å². The van der Waals surface area contributed by atoms with E-state index in [1.165, 1.54) is 0 Å². The second-order valence-corrected chi connectivity index (χ2v) is 6.26. The van der Waals surface area contributed by atoms with Crippen LogP contribution in [0.3, 0.4) is 0 Å². The van der Waals surface area contributed by atoms with Crippen LogP contribution in [0.25, 0.3) is 0 Å². The zero-order valence-electron chi connectivity index (χ0n) is 14.8. The van der Waals surface area contributed by atoms with Crippen molar-refractivity contribution in [2.24, 2.45) is 0 Å². The summed E-state index contributed by atoms with van der Waals surface area (Å²) in [6, 6.07) is 15.5. The lowest BCUT2D eigenvalue weighted by atomic mass is 9.87. The Morgan fingerprint density at radius 3 is 2.35 bits per heavy atom. The summed E-state index contributed by atoms with van der Waals surface area (Å²) in [5.41, 5.74) is 0.224. The van der Waals surface area contributed by atoms with Crippen molar-refractivity contribution >= 4 is 11.9 Å². The molecule has 1 fully saturated rings. The van der Waals surface area contributed by atoms with Crippen LogP contribution in [0.1, 0.15) is 30.6 Å². The van der Waals surface area contributed by atoms with Crippen LogP contribution in [0.2, 0.25) is 0 Å². The van der Waals surface area contributed by atoms with Crippen LogP contribution in [-0.4, -0.2) is 35.6 Å². The number of imide groups is 1. The SMILES string of the molecule is CC[C@@]1(c2ccc(OC)cc2)NC(=O)N(C[C@H](O)c2ccccc2)C1=O. The van der Waals surface area contributed by atoms with Gasteiger partial charge in [0.2, 0.25) is 0 Å². The summed E-state index contributed by atoms with van der Waals surface area (Å²) in [4.78, 5) is 26.7. The average molecular weight is 354 g/mol. The maximum Gasteiger partial charge on any atom is 0.325 e. The summed E-state index contributed by atoms with van der Waals surface area (Å²) >= 11 is 0. The molecule has 0 spiro atoms. The number of β-amino-alcohol motifs (C(OH)–C–C–N with tert-alkyl or cyclic N) is 1. The zero-order chi connectivity index (χ0) is 18.7. The first kappa shape index (κ1) is 17.9. The largest absolute Gasteiger partial charge is 0.497 e. The molecule has 0 bridgehead atoms. The van der Waals surface area contributed by atoms with Crippen molar-refractivity contribution < 1.29 is 19.4 Å². The van der Waals surface area contributed by atoms with Crippen LogP contribution in [0, 0.1) is 0 Å². The molecule has 1 aliphatic heterocycles. The summed E-state index contributed by atoms with van der Waals surface area (Å²) in [5.74, 6) is 0.318. The summed E-state index contributed by atoms with van der Waals surface area (Å²) < 4.78 is 5.15. The molecule has 2 aromatic rings. The van der Waals surface area contributed by atoms with Crippen molar-refractivity contribution in [2.45, 2.75) is 25.0 Å². The Labute approximate surface area is 152 Å². The van der Waals surface area contributed by atoms with E-state index in [9.17, 15) is 14.7 Å². The van der Waals surface area contributed by atoms with Crippen molar-refractivity contribution in [1.29, 1.82) is 0 Å². The van der Waals surface area contributed by atoms with E-state index < -0.39 is 17.7 Å². The predicted octanol–water partition coefficient (Wildman–Crippen LogP) is 2.59. The van der Waals surface area contributed by atoms with Crippen molar-refractivity contribution in [2.75, 3.05) is 13.7 Å². The minimum atomic E-state index is -1.13. The Morgan fingerprint density at radius 1 is 1.12 bits per heavy atom. The van der Waals surface area contributed by atoms with Gasteiger partial charge in [0.15, 0.2) is 0 Å². The van der Waals surface area contributed by atoms with Gasteiger partial charge < -0.3 is 15.2 Å². The number of aliphatic hydroxyl groups is 1. The van der Waals surface area contributed by atoms with Gasteiger partial charge in [0, 0.05) is 0 Å². The Kier molecular flexibility index (Phi) is 4.95. The first-order valence-electron chi connectivity index (χ1n) is 8.53. The van der Waals surface area contributed by atoms with Gasteiger partial charge in [-0.2, -0.15) is 0 Å². The molecule has 1 saturated heterocycles. The van der Waals surface area contributed by atoms with Gasteiger partial charge in [-0.1, -0.05) is 49.4 Å². The molecular weight excluding hydrogens is 332 g/mol. The number of carbonyl (C=O) groups excluding carboxylic acids is 2. The number of ether oxygens (including phenoxy) is 1. The lowest BCUT2D eigenvalue weighted by molar-refractivity contribution is -0.132. The molecule has 2 atom stereocenters. The fourth-order valence-electron chi connectivity index (χ4n) is 3.26. The van der Waals surface area contributed by atoms with Crippen LogP contribution in [0.15, 0.2) is 54.6 Å². The smallest absolute Gasteiger partial charge is 0.325 e. The van der Waals surface area contributed by atoms with E-state index in [4.69, 9.17) is 4.74 Å². The van der Waals surface area contributed by atoms with Gasteiger partial charge in [0.1, 0.15) is 11.3 Å². The van der Waals surface area contributed by atoms with Gasteiger partial charge in [-0.25, -0.2) is 4.79 Å². The maximum absolute atomic E-state index is 13.1. The zero-order valence-corrected chi connectivity index (χ0v) is 14.8. The third-order valence-corrected chi connectivity index (χ3v) is 4.83. The fourth-order valence-corrected chi connectivity index (χ4v) is 3.26. The topological polar surface area (TPSA) is 78.9 Å². The Balaban J connectivity index is 1.86. The van der Waals surface area contributed by atoms with Crippen molar-refractivity contribution in [3.63, 3.8) is 0 Å². The number of nitrogens with zero attached hydrogens (tertiary/aromatic N) is 1. The lowest BCUT2D eigenvalue weighted by Gasteiger charge is -2.26. The van der Waals surface area contributed by atoms with Gasteiger partial charge in [-0.15, -0.1) is 0 Å². The number of aliphatic hydroxyl groups excluding tert-OH is 1. The van der Waals surface area contributed by atoms with Gasteiger partial charge in [-0.3, -0.25) is 9.69 Å². The van der Waals surface area contributed by atoms with E-state index in [2.05, 4.69) is 5.32 Å². The summed E-state index contributed by atoms with van der Waals surface area (Å²) in [6.45, 7) is 1.76. The first-order valence-corrected chi connectivity index (χ1v) is 8.53. The van der Waals surface area contributed by atoms with Crippen LogP contribution in [0.4, 0.5) is 4.79 Å². The molecule has 1 aliphatic rings. The Bertz CT molecular complexity index is 791. The normalized spacial score (nSPS) is 20.8. The van der Waals surface area contributed by atoms with Gasteiger partial charge in [-0.05, 0) is 29.7 Å². The number of carbonyl (C=O) groups is 2. The highest BCUT2D eigenvalue weighted by molar-refractivity contribution is 6.07. The second-order valence-electron chi connectivity index (χ2n) is 6.26. The molecular formula is C20H22N2O4. The summed E-state index contributed by atoms with van der Waals surface area (Å²) in [7, 11) is 1.57. The van der Waals surface area contributed by atoms with Gasteiger partial charge in [0.25, 0.3) is 5.91 Å². The van der Waals surface area contributed by atoms with Crippen molar-refractivity contribution in [3.05, 3.63) is 65.7 Å². The lowest BCUT2D eigenvalue weighted by Crippen LogP contribution is -2.43. The Morgan fingerprint density at radius 2 is 1.77 bits per heavy atom. The molecule has 3 amide bonds. The number of hydrogen-bond acceptors (Lipinski definition) is 4. The molecule has 0 aromatic heterocycles. The number of nitrogens with one attached hydrogen (secondary N) is 1. The Hall–Kier alpha value is -2.86. The second kappa shape index (κ2) is 7.17. The summed E-state index contributed by atoms with van der Waals surface area (Å²) in [5, 5.41) is 13.2. The number of urea groups is 1. The highest BCUT2D eigenvalue weighted by Gasteiger charge is 2.51. The highest BCUT2D eigenvalue weighted by Crippen LogP contribution is 2.34. The molecule has 26 heavy (non-hydrogen) atoms. The number of rotatable bonds is 6. The number of amides is 3. The van der Waals surface area contributed by atoms with E-state index in [0.29, 0.717) is 23.3 Å². The molecule has 0 radical (unpaired) electrons. The average Bonchev–Trinajstić information content (AvgIpc) is 2.93. The van der Waals surface area contributed by atoms with E-state index >= 15 is 0 Å². The molecule has 2 aromatic carbocycles. The quantitative estimate of drug-likeness (QED) is 0.782. The van der Waals surface area contributed by atoms with E-state index in [1.54, 1.807) is 55.6 Å². The number of methoxy groups -OCH3 is 1. The molecule has 3 rings (SSSR count).